The van der Waals surface area contributed by atoms with Crippen LogP contribution in [-0.4, -0.2) is 45.7 Å². The Balaban J connectivity index is 2.00. The van der Waals surface area contributed by atoms with Crippen molar-refractivity contribution in [2.45, 2.75) is 32.7 Å². The average molecular weight is 349 g/mol. The third-order valence-corrected chi connectivity index (χ3v) is 5.51. The molecule has 1 atom stereocenters. The Morgan fingerprint density at radius 2 is 2.12 bits per heavy atom. The molecule has 0 bridgehead atoms. The summed E-state index contributed by atoms with van der Waals surface area (Å²) in [5, 5.41) is 8.36. The van der Waals surface area contributed by atoms with Gasteiger partial charge in [0.25, 0.3) is 5.91 Å². The molecule has 0 saturated carbocycles. The summed E-state index contributed by atoms with van der Waals surface area (Å²) in [5.41, 5.74) is 3.37. The zero-order valence-electron chi connectivity index (χ0n) is 14.7. The minimum absolute atomic E-state index is 0.00911. The molecule has 2 aromatic rings. The van der Waals surface area contributed by atoms with Crippen molar-refractivity contribution in [1.29, 1.82) is 0 Å². The first-order valence-electron chi connectivity index (χ1n) is 8.02. The molecule has 1 aliphatic heterocycles. The number of hydrogen-bond donors (Lipinski definition) is 1. The minimum atomic E-state index is -0.00911. The number of anilines is 1. The van der Waals surface area contributed by atoms with Crippen LogP contribution in [-0.2, 0) is 7.05 Å². The Hall–Kier alpha value is -2.09. The van der Waals surface area contributed by atoms with Crippen LogP contribution in [0.25, 0.3) is 0 Å². The van der Waals surface area contributed by atoms with E-state index in [-0.39, 0.29) is 11.9 Å². The van der Waals surface area contributed by atoms with Gasteiger partial charge >= 0.3 is 0 Å². The van der Waals surface area contributed by atoms with Crippen LogP contribution in [0.5, 0.6) is 5.88 Å². The second-order valence-corrected chi connectivity index (χ2v) is 6.78. The largest absolute Gasteiger partial charge is 0.481 e. The van der Waals surface area contributed by atoms with Crippen molar-refractivity contribution in [1.82, 2.24) is 19.1 Å². The number of carbonyl (C=O) groups is 1. The summed E-state index contributed by atoms with van der Waals surface area (Å²) in [5.74, 6) is 0.754. The predicted octanol–water partition coefficient (Wildman–Crippen LogP) is 2.52. The Morgan fingerprint density at radius 3 is 2.79 bits per heavy atom. The van der Waals surface area contributed by atoms with Crippen LogP contribution in [0.15, 0.2) is 0 Å². The van der Waals surface area contributed by atoms with Crippen LogP contribution in [0.4, 0.5) is 5.00 Å². The molecular formula is C16H23N5O2S. The standard InChI is InChI=1S/C16H23N5O2S/c1-9-12(16(23-5)20(4)18-9)11-7-6-8-21(11)15(22)13-10(2)19-24-14(13)17-3/h11,17H,6-8H2,1-5H3/t11-/m0/s1. The van der Waals surface area contributed by atoms with Gasteiger partial charge in [0.05, 0.1) is 35.7 Å². The average Bonchev–Trinajstić information content (AvgIpc) is 3.23. The van der Waals surface area contributed by atoms with E-state index in [0.29, 0.717) is 5.56 Å². The van der Waals surface area contributed by atoms with Gasteiger partial charge in [0.2, 0.25) is 5.88 Å². The van der Waals surface area contributed by atoms with Gasteiger partial charge in [-0.1, -0.05) is 0 Å². The number of nitrogens with one attached hydrogen (secondary N) is 1. The fourth-order valence-electron chi connectivity index (χ4n) is 3.52. The number of aryl methyl sites for hydroxylation is 3. The smallest absolute Gasteiger partial charge is 0.259 e. The first kappa shape index (κ1) is 16.8. The number of rotatable bonds is 4. The van der Waals surface area contributed by atoms with Gasteiger partial charge in [-0.25, -0.2) is 4.68 Å². The molecule has 8 heteroatoms. The highest BCUT2D eigenvalue weighted by Gasteiger charge is 2.37. The minimum Gasteiger partial charge on any atom is -0.481 e. The molecule has 1 aliphatic rings. The molecule has 1 saturated heterocycles. The van der Waals surface area contributed by atoms with Crippen molar-refractivity contribution in [2.75, 3.05) is 26.0 Å². The number of hydrogen-bond acceptors (Lipinski definition) is 6. The molecule has 24 heavy (non-hydrogen) atoms. The number of likely N-dealkylation sites (tertiary alicyclic amines) is 1. The van der Waals surface area contributed by atoms with E-state index in [2.05, 4.69) is 14.8 Å². The van der Waals surface area contributed by atoms with Gasteiger partial charge in [-0.15, -0.1) is 0 Å². The first-order valence-corrected chi connectivity index (χ1v) is 8.79. The van der Waals surface area contributed by atoms with Gasteiger partial charge in [0.1, 0.15) is 5.00 Å². The summed E-state index contributed by atoms with van der Waals surface area (Å²) in [4.78, 5) is 15.1. The van der Waals surface area contributed by atoms with E-state index in [4.69, 9.17) is 4.74 Å². The van der Waals surface area contributed by atoms with Crippen molar-refractivity contribution >= 4 is 22.4 Å². The lowest BCUT2D eigenvalue weighted by Gasteiger charge is -2.25. The van der Waals surface area contributed by atoms with Gasteiger partial charge in [0.15, 0.2) is 0 Å². The Morgan fingerprint density at radius 1 is 1.38 bits per heavy atom. The second kappa shape index (κ2) is 6.43. The summed E-state index contributed by atoms with van der Waals surface area (Å²) < 4.78 is 11.6. The van der Waals surface area contributed by atoms with E-state index in [1.165, 1.54) is 11.5 Å². The molecule has 3 rings (SSSR count). The van der Waals surface area contributed by atoms with Crippen molar-refractivity contribution < 1.29 is 9.53 Å². The lowest BCUT2D eigenvalue weighted by atomic mass is 10.0. The summed E-state index contributed by atoms with van der Waals surface area (Å²) in [6, 6.07) is -0.00911. The molecule has 1 fully saturated rings. The number of nitrogens with zero attached hydrogens (tertiary/aromatic N) is 4. The highest BCUT2D eigenvalue weighted by molar-refractivity contribution is 7.10. The van der Waals surface area contributed by atoms with Gasteiger partial charge in [-0.05, 0) is 38.2 Å². The summed E-state index contributed by atoms with van der Waals surface area (Å²) in [6.07, 6.45) is 1.89. The van der Waals surface area contributed by atoms with Gasteiger partial charge in [-0.3, -0.25) is 4.79 Å². The van der Waals surface area contributed by atoms with E-state index < -0.39 is 0 Å². The van der Waals surface area contributed by atoms with Gasteiger partial charge in [0, 0.05) is 20.6 Å². The van der Waals surface area contributed by atoms with E-state index in [0.717, 1.165) is 47.2 Å². The molecule has 1 amide bonds. The quantitative estimate of drug-likeness (QED) is 0.918. The predicted molar refractivity (Wildman–Crippen MR) is 93.9 cm³/mol. The summed E-state index contributed by atoms with van der Waals surface area (Å²) in [7, 11) is 5.33. The van der Waals surface area contributed by atoms with E-state index >= 15 is 0 Å². The fourth-order valence-corrected chi connectivity index (χ4v) is 4.26. The topological polar surface area (TPSA) is 72.3 Å². The number of amides is 1. The molecule has 1 N–H and O–H groups in total. The normalized spacial score (nSPS) is 17.4. The molecular weight excluding hydrogens is 326 g/mol. The molecule has 0 unspecified atom stereocenters. The van der Waals surface area contributed by atoms with Crippen LogP contribution < -0.4 is 10.1 Å². The lowest BCUT2D eigenvalue weighted by molar-refractivity contribution is 0.0734. The number of methoxy groups -OCH3 is 1. The second-order valence-electron chi connectivity index (χ2n) is 6.01. The van der Waals surface area contributed by atoms with Crippen LogP contribution in [0.3, 0.4) is 0 Å². The number of carbonyl (C=O) groups excluding carboxylic acids is 1. The fraction of sp³-hybridized carbons (Fsp3) is 0.562. The van der Waals surface area contributed by atoms with Crippen LogP contribution in [0, 0.1) is 13.8 Å². The molecule has 130 valence electrons. The van der Waals surface area contributed by atoms with Crippen molar-refractivity contribution in [3.05, 3.63) is 22.5 Å². The van der Waals surface area contributed by atoms with Gasteiger partial charge in [-0.2, -0.15) is 9.47 Å². The zero-order valence-corrected chi connectivity index (χ0v) is 15.5. The molecule has 7 nitrogen and oxygen atoms in total. The first-order chi connectivity index (χ1) is 11.5. The van der Waals surface area contributed by atoms with Crippen molar-refractivity contribution in [3.63, 3.8) is 0 Å². The summed E-state index contributed by atoms with van der Waals surface area (Å²) in [6.45, 7) is 4.58. The Kier molecular flexibility index (Phi) is 4.49. The Bertz CT molecular complexity index is 767. The lowest BCUT2D eigenvalue weighted by Crippen LogP contribution is -2.31. The third kappa shape index (κ3) is 2.54. The van der Waals surface area contributed by atoms with Crippen LogP contribution in [0.1, 0.15) is 46.2 Å². The molecule has 0 spiro atoms. The zero-order chi connectivity index (χ0) is 17.4. The number of ether oxygens (including phenoxy) is 1. The monoisotopic (exact) mass is 349 g/mol. The third-order valence-electron chi connectivity index (χ3n) is 4.56. The summed E-state index contributed by atoms with van der Waals surface area (Å²) >= 11 is 1.33. The van der Waals surface area contributed by atoms with E-state index in [1.54, 1.807) is 11.8 Å². The van der Waals surface area contributed by atoms with Crippen LogP contribution >= 0.6 is 11.5 Å². The van der Waals surface area contributed by atoms with E-state index in [9.17, 15) is 4.79 Å². The molecule has 0 radical (unpaired) electrons. The highest BCUT2D eigenvalue weighted by Crippen LogP contribution is 2.40. The SMILES string of the molecule is CNc1snc(C)c1C(=O)N1CCC[C@H]1c1c(C)nn(C)c1OC. The molecule has 0 aromatic carbocycles. The maximum Gasteiger partial charge on any atom is 0.259 e. The van der Waals surface area contributed by atoms with E-state index in [1.807, 2.05) is 32.8 Å². The highest BCUT2D eigenvalue weighted by atomic mass is 32.1. The Labute approximate surface area is 145 Å². The number of aromatic nitrogens is 3. The van der Waals surface area contributed by atoms with Crippen molar-refractivity contribution in [2.24, 2.45) is 7.05 Å². The molecule has 0 aliphatic carbocycles. The molecule has 3 heterocycles. The molecule has 2 aromatic heterocycles. The van der Waals surface area contributed by atoms with Gasteiger partial charge < -0.3 is 15.0 Å². The maximum absolute atomic E-state index is 13.2. The van der Waals surface area contributed by atoms with Crippen molar-refractivity contribution in [3.8, 4) is 5.88 Å². The maximum atomic E-state index is 13.2. The van der Waals surface area contributed by atoms with Crippen LogP contribution in [0.2, 0.25) is 0 Å².